The first kappa shape index (κ1) is 11.5. The quantitative estimate of drug-likeness (QED) is 0.826. The van der Waals surface area contributed by atoms with Crippen molar-refractivity contribution in [2.75, 3.05) is 19.7 Å². The van der Waals surface area contributed by atoms with Crippen LogP contribution in [0.4, 0.5) is 0 Å². The molecular weight excluding hydrogens is 270 g/mol. The van der Waals surface area contributed by atoms with Gasteiger partial charge in [0.1, 0.15) is 0 Å². The molecule has 0 saturated carbocycles. The van der Waals surface area contributed by atoms with Crippen LogP contribution in [-0.4, -0.2) is 35.7 Å². The van der Waals surface area contributed by atoms with Crippen molar-refractivity contribution in [3.05, 3.63) is 28.5 Å². The summed E-state index contributed by atoms with van der Waals surface area (Å²) < 4.78 is 6.26. The predicted molar refractivity (Wildman–Crippen MR) is 62.6 cm³/mol. The molecule has 1 aromatic rings. The van der Waals surface area contributed by atoms with E-state index in [-0.39, 0.29) is 6.10 Å². The van der Waals surface area contributed by atoms with Gasteiger partial charge in [-0.25, -0.2) is 0 Å². The maximum atomic E-state index is 8.79. The Hall–Kier alpha value is -0.960. The van der Waals surface area contributed by atoms with Crippen molar-refractivity contribution < 1.29 is 4.74 Å². The van der Waals surface area contributed by atoms with Gasteiger partial charge in [0.05, 0.1) is 18.4 Å². The van der Waals surface area contributed by atoms with Crippen molar-refractivity contribution >= 4 is 15.9 Å². The topological polar surface area (TPSA) is 49.2 Å². The van der Waals surface area contributed by atoms with Crippen LogP contribution in [0.2, 0.25) is 0 Å². The van der Waals surface area contributed by atoms with Crippen LogP contribution in [0.15, 0.2) is 22.8 Å². The van der Waals surface area contributed by atoms with E-state index >= 15 is 0 Å². The van der Waals surface area contributed by atoms with Crippen LogP contribution in [0.1, 0.15) is 5.69 Å². The van der Waals surface area contributed by atoms with Crippen LogP contribution in [0.3, 0.4) is 0 Å². The lowest BCUT2D eigenvalue weighted by Crippen LogP contribution is -2.41. The van der Waals surface area contributed by atoms with Crippen molar-refractivity contribution in [1.29, 1.82) is 5.26 Å². The number of hydrogen-bond acceptors (Lipinski definition) is 4. The minimum atomic E-state index is -0.302. The summed E-state index contributed by atoms with van der Waals surface area (Å²) in [5, 5.41) is 8.79. The molecule has 5 heteroatoms. The third kappa shape index (κ3) is 3.01. The average Bonchev–Trinajstić information content (AvgIpc) is 2.32. The van der Waals surface area contributed by atoms with E-state index in [4.69, 9.17) is 10.00 Å². The highest BCUT2D eigenvalue weighted by Gasteiger charge is 2.19. The zero-order chi connectivity index (χ0) is 11.4. The van der Waals surface area contributed by atoms with Gasteiger partial charge in [-0.05, 0) is 28.1 Å². The molecular formula is C11H12BrN3O. The fraction of sp³-hybridized carbons (Fsp3) is 0.455. The summed E-state index contributed by atoms with van der Waals surface area (Å²) in [5.74, 6) is 0. The van der Waals surface area contributed by atoms with Gasteiger partial charge in [0.25, 0.3) is 0 Å². The first-order valence-corrected chi connectivity index (χ1v) is 5.91. The average molecular weight is 282 g/mol. The molecule has 4 nitrogen and oxygen atoms in total. The minimum absolute atomic E-state index is 0.302. The lowest BCUT2D eigenvalue weighted by atomic mass is 10.2. The summed E-state index contributed by atoms with van der Waals surface area (Å²) in [6.45, 7) is 2.91. The molecule has 0 radical (unpaired) electrons. The van der Waals surface area contributed by atoms with Gasteiger partial charge < -0.3 is 4.74 Å². The molecule has 0 bridgehead atoms. The van der Waals surface area contributed by atoms with Gasteiger partial charge in [-0.1, -0.05) is 0 Å². The van der Waals surface area contributed by atoms with Gasteiger partial charge in [-0.15, -0.1) is 0 Å². The normalized spacial score (nSPS) is 21.6. The van der Waals surface area contributed by atoms with Crippen LogP contribution in [0.5, 0.6) is 0 Å². The highest BCUT2D eigenvalue weighted by atomic mass is 79.9. The van der Waals surface area contributed by atoms with Crippen molar-refractivity contribution in [3.63, 3.8) is 0 Å². The summed E-state index contributed by atoms with van der Waals surface area (Å²) in [7, 11) is 0. The minimum Gasteiger partial charge on any atom is -0.361 e. The summed E-state index contributed by atoms with van der Waals surface area (Å²) >= 11 is 3.35. The van der Waals surface area contributed by atoms with Gasteiger partial charge >= 0.3 is 0 Å². The molecule has 2 heterocycles. The molecule has 1 atom stereocenters. The maximum Gasteiger partial charge on any atom is 0.156 e. The molecule has 0 N–H and O–H groups in total. The third-order valence-corrected chi connectivity index (χ3v) is 2.94. The Balaban J connectivity index is 1.94. The highest BCUT2D eigenvalue weighted by Crippen LogP contribution is 2.11. The second kappa shape index (κ2) is 5.39. The monoisotopic (exact) mass is 281 g/mol. The molecule has 0 amide bonds. The standard InChI is InChI=1S/C11H12BrN3O/c12-9-1-2-10(14-6-9)7-15-3-4-16-11(5-13)8-15/h1-2,6,11H,3-4,7-8H2. The SMILES string of the molecule is N#CC1CN(Cc2ccc(Br)cn2)CCO1. The molecule has 0 spiro atoms. The van der Waals surface area contributed by atoms with E-state index in [2.05, 4.69) is 31.9 Å². The van der Waals surface area contributed by atoms with Crippen molar-refractivity contribution in [2.45, 2.75) is 12.6 Å². The molecule has 2 rings (SSSR count). The fourth-order valence-corrected chi connectivity index (χ4v) is 1.89. The smallest absolute Gasteiger partial charge is 0.156 e. The molecule has 1 aliphatic heterocycles. The van der Waals surface area contributed by atoms with Crippen molar-refractivity contribution in [1.82, 2.24) is 9.88 Å². The molecule has 0 aliphatic carbocycles. The zero-order valence-electron chi connectivity index (χ0n) is 8.77. The molecule has 1 aliphatic rings. The highest BCUT2D eigenvalue weighted by molar-refractivity contribution is 9.10. The molecule has 84 valence electrons. The molecule has 1 saturated heterocycles. The van der Waals surface area contributed by atoms with Crippen LogP contribution in [0, 0.1) is 11.3 Å². The van der Waals surface area contributed by atoms with E-state index in [1.807, 2.05) is 12.1 Å². The van der Waals surface area contributed by atoms with E-state index in [1.54, 1.807) is 6.20 Å². The number of hydrogen-bond donors (Lipinski definition) is 0. The summed E-state index contributed by atoms with van der Waals surface area (Å²) in [6, 6.07) is 6.10. The summed E-state index contributed by atoms with van der Waals surface area (Å²) in [5.41, 5.74) is 1.02. The lowest BCUT2D eigenvalue weighted by Gasteiger charge is -2.29. The number of aromatic nitrogens is 1. The Bertz CT molecular complexity index is 387. The molecule has 0 aromatic carbocycles. The largest absolute Gasteiger partial charge is 0.361 e. The Morgan fingerprint density at radius 3 is 3.19 bits per heavy atom. The van der Waals surface area contributed by atoms with Gasteiger partial charge in [0.15, 0.2) is 6.10 Å². The Kier molecular flexibility index (Phi) is 3.88. The van der Waals surface area contributed by atoms with Crippen LogP contribution >= 0.6 is 15.9 Å². The Morgan fingerprint density at radius 1 is 1.62 bits per heavy atom. The number of rotatable bonds is 2. The van der Waals surface area contributed by atoms with Crippen molar-refractivity contribution in [3.8, 4) is 6.07 Å². The van der Waals surface area contributed by atoms with E-state index in [0.717, 1.165) is 23.3 Å². The fourth-order valence-electron chi connectivity index (χ4n) is 1.65. The van der Waals surface area contributed by atoms with Gasteiger partial charge in [0.2, 0.25) is 0 Å². The Labute approximate surface area is 103 Å². The first-order chi connectivity index (χ1) is 7.78. The van der Waals surface area contributed by atoms with E-state index in [1.165, 1.54) is 0 Å². The zero-order valence-corrected chi connectivity index (χ0v) is 10.4. The number of nitriles is 1. The van der Waals surface area contributed by atoms with E-state index in [9.17, 15) is 0 Å². The predicted octanol–water partition coefficient (Wildman–Crippen LogP) is 1.57. The lowest BCUT2D eigenvalue weighted by molar-refractivity contribution is -0.00312. The van der Waals surface area contributed by atoms with Crippen molar-refractivity contribution in [2.24, 2.45) is 0 Å². The van der Waals surface area contributed by atoms with E-state index in [0.29, 0.717) is 13.2 Å². The molecule has 1 aromatic heterocycles. The molecule has 16 heavy (non-hydrogen) atoms. The van der Waals surface area contributed by atoms with Crippen LogP contribution in [-0.2, 0) is 11.3 Å². The summed E-state index contributed by atoms with van der Waals surface area (Å²) in [4.78, 5) is 6.50. The number of nitrogens with zero attached hydrogens (tertiary/aromatic N) is 3. The Morgan fingerprint density at radius 2 is 2.50 bits per heavy atom. The van der Waals surface area contributed by atoms with Crippen LogP contribution < -0.4 is 0 Å². The third-order valence-electron chi connectivity index (χ3n) is 2.47. The van der Waals surface area contributed by atoms with Gasteiger partial charge in [-0.3, -0.25) is 9.88 Å². The second-order valence-corrected chi connectivity index (χ2v) is 4.61. The van der Waals surface area contributed by atoms with Gasteiger partial charge in [0, 0.05) is 30.3 Å². The molecule has 1 unspecified atom stereocenters. The molecule has 1 fully saturated rings. The second-order valence-electron chi connectivity index (χ2n) is 3.69. The number of halogens is 1. The van der Waals surface area contributed by atoms with Gasteiger partial charge in [-0.2, -0.15) is 5.26 Å². The number of ether oxygens (including phenoxy) is 1. The first-order valence-electron chi connectivity index (χ1n) is 5.12. The number of morpholine rings is 1. The number of pyridine rings is 1. The van der Waals surface area contributed by atoms with E-state index < -0.39 is 0 Å². The van der Waals surface area contributed by atoms with Crippen LogP contribution in [0.25, 0.3) is 0 Å². The summed E-state index contributed by atoms with van der Waals surface area (Å²) in [6.07, 6.45) is 1.49. The maximum absolute atomic E-state index is 8.79.